The van der Waals surface area contributed by atoms with Crippen LogP contribution in [0.3, 0.4) is 0 Å². The van der Waals surface area contributed by atoms with Gasteiger partial charge in [-0.2, -0.15) is 0 Å². The van der Waals surface area contributed by atoms with Gasteiger partial charge in [0.05, 0.1) is 13.7 Å². The lowest BCUT2D eigenvalue weighted by Gasteiger charge is -2.09. The summed E-state index contributed by atoms with van der Waals surface area (Å²) in [5.74, 6) is -0.221. The molecule has 20 heavy (non-hydrogen) atoms. The first-order valence-corrected chi connectivity index (χ1v) is 6.44. The third-order valence-corrected chi connectivity index (χ3v) is 2.70. The van der Waals surface area contributed by atoms with Gasteiger partial charge in [-0.05, 0) is 19.0 Å². The van der Waals surface area contributed by atoms with Crippen LogP contribution in [0, 0.1) is 0 Å². The van der Waals surface area contributed by atoms with E-state index < -0.39 is 5.97 Å². The van der Waals surface area contributed by atoms with E-state index in [2.05, 4.69) is 10.6 Å². The van der Waals surface area contributed by atoms with Crippen LogP contribution in [0.4, 0.5) is 0 Å². The first-order chi connectivity index (χ1) is 9.63. The van der Waals surface area contributed by atoms with Crippen LogP contribution in [0.5, 0.6) is 5.75 Å². The minimum absolute atomic E-state index is 0.107. The minimum Gasteiger partial charge on any atom is -0.496 e. The van der Waals surface area contributed by atoms with Gasteiger partial charge in [0.25, 0.3) is 0 Å². The maximum Gasteiger partial charge on any atom is 0.303 e. The molecule has 0 aliphatic carbocycles. The molecule has 1 aromatic rings. The number of hydrogen-bond donors (Lipinski definition) is 3. The van der Waals surface area contributed by atoms with Crippen LogP contribution in [0.15, 0.2) is 24.3 Å². The van der Waals surface area contributed by atoms with Gasteiger partial charge in [-0.3, -0.25) is 9.59 Å². The number of hydrogen-bond acceptors (Lipinski definition) is 4. The summed E-state index contributed by atoms with van der Waals surface area (Å²) in [6.07, 6.45) is 0.616. The van der Waals surface area contributed by atoms with Crippen molar-refractivity contribution in [3.8, 4) is 5.75 Å². The fourth-order valence-electron chi connectivity index (χ4n) is 1.67. The van der Waals surface area contributed by atoms with Gasteiger partial charge < -0.3 is 20.5 Å². The molecule has 0 bridgehead atoms. The van der Waals surface area contributed by atoms with Crippen molar-refractivity contribution in [3.63, 3.8) is 0 Å². The second kappa shape index (κ2) is 8.92. The Morgan fingerprint density at radius 3 is 2.75 bits per heavy atom. The summed E-state index contributed by atoms with van der Waals surface area (Å²) in [5, 5.41) is 14.1. The van der Waals surface area contributed by atoms with E-state index >= 15 is 0 Å². The molecular weight excluding hydrogens is 260 g/mol. The Bertz CT molecular complexity index is 449. The second-order valence-corrected chi connectivity index (χ2v) is 4.26. The molecule has 0 radical (unpaired) electrons. The van der Waals surface area contributed by atoms with Crippen LogP contribution in [0.25, 0.3) is 0 Å². The third kappa shape index (κ3) is 6.19. The highest BCUT2D eigenvalue weighted by Gasteiger charge is 2.04. The monoisotopic (exact) mass is 280 g/mol. The van der Waals surface area contributed by atoms with Crippen LogP contribution in [0.1, 0.15) is 18.4 Å². The number of amides is 1. The van der Waals surface area contributed by atoms with E-state index in [1.54, 1.807) is 7.11 Å². The highest BCUT2D eigenvalue weighted by Crippen LogP contribution is 2.16. The topological polar surface area (TPSA) is 87.7 Å². The van der Waals surface area contributed by atoms with Crippen molar-refractivity contribution < 1.29 is 19.4 Å². The van der Waals surface area contributed by atoms with Gasteiger partial charge in [-0.15, -0.1) is 0 Å². The number of carboxylic acid groups (broad SMARTS) is 1. The molecule has 3 N–H and O–H groups in total. The van der Waals surface area contributed by atoms with Crippen LogP contribution in [0.2, 0.25) is 0 Å². The Balaban J connectivity index is 2.21. The zero-order chi connectivity index (χ0) is 14.8. The summed E-state index contributed by atoms with van der Waals surface area (Å²) >= 11 is 0. The van der Waals surface area contributed by atoms with Gasteiger partial charge in [0.2, 0.25) is 5.91 Å². The molecule has 0 saturated heterocycles. The fourth-order valence-corrected chi connectivity index (χ4v) is 1.67. The molecule has 0 spiro atoms. The van der Waals surface area contributed by atoms with Gasteiger partial charge in [0.1, 0.15) is 5.75 Å². The molecule has 0 aliphatic heterocycles. The highest BCUT2D eigenvalue weighted by molar-refractivity contribution is 5.78. The number of carbonyl (C=O) groups excluding carboxylic acids is 1. The van der Waals surface area contributed by atoms with Gasteiger partial charge in [0.15, 0.2) is 0 Å². The van der Waals surface area contributed by atoms with E-state index in [1.807, 2.05) is 24.3 Å². The molecular formula is C14H20N2O4. The molecule has 0 saturated carbocycles. The summed E-state index contributed by atoms with van der Waals surface area (Å²) in [4.78, 5) is 21.9. The quantitative estimate of drug-likeness (QED) is 0.581. The Labute approximate surface area is 118 Å². The lowest BCUT2D eigenvalue weighted by molar-refractivity contribution is -0.137. The third-order valence-electron chi connectivity index (χ3n) is 2.70. The van der Waals surface area contributed by atoms with Crippen LogP contribution in [-0.2, 0) is 16.1 Å². The molecule has 1 amide bonds. The van der Waals surface area contributed by atoms with Crippen LogP contribution in [-0.4, -0.2) is 37.2 Å². The minimum atomic E-state index is -0.826. The summed E-state index contributed by atoms with van der Waals surface area (Å²) < 4.78 is 5.19. The molecule has 1 aromatic carbocycles. The largest absolute Gasteiger partial charge is 0.496 e. The maximum absolute atomic E-state index is 11.6. The molecule has 0 atom stereocenters. The Kier molecular flexibility index (Phi) is 7.13. The van der Waals surface area contributed by atoms with E-state index in [4.69, 9.17) is 9.84 Å². The molecule has 6 heteroatoms. The van der Waals surface area contributed by atoms with Crippen molar-refractivity contribution in [1.82, 2.24) is 10.6 Å². The number of aliphatic carboxylic acids is 1. The van der Waals surface area contributed by atoms with Crippen molar-refractivity contribution in [2.45, 2.75) is 19.4 Å². The summed E-state index contributed by atoms with van der Waals surface area (Å²) in [6, 6.07) is 7.48. The SMILES string of the molecule is COc1ccccc1CNC(=O)CNCCCC(=O)O. The number of para-hydroxylation sites is 1. The Morgan fingerprint density at radius 2 is 2.05 bits per heavy atom. The predicted octanol–water partition coefficient (Wildman–Crippen LogP) is 0.766. The van der Waals surface area contributed by atoms with Gasteiger partial charge in [0, 0.05) is 18.5 Å². The molecule has 0 aromatic heterocycles. The number of carboxylic acids is 1. The first kappa shape index (κ1) is 16.0. The van der Waals surface area contributed by atoms with E-state index in [0.29, 0.717) is 19.5 Å². The maximum atomic E-state index is 11.6. The van der Waals surface area contributed by atoms with Crippen LogP contribution >= 0.6 is 0 Å². The summed E-state index contributed by atoms with van der Waals surface area (Å²) in [6.45, 7) is 1.09. The van der Waals surface area contributed by atoms with E-state index in [0.717, 1.165) is 11.3 Å². The van der Waals surface area contributed by atoms with Crippen molar-refractivity contribution in [3.05, 3.63) is 29.8 Å². The van der Waals surface area contributed by atoms with E-state index in [1.165, 1.54) is 0 Å². The van der Waals surface area contributed by atoms with Crippen molar-refractivity contribution >= 4 is 11.9 Å². The highest BCUT2D eigenvalue weighted by atomic mass is 16.5. The Morgan fingerprint density at radius 1 is 1.30 bits per heavy atom. The first-order valence-electron chi connectivity index (χ1n) is 6.44. The molecule has 0 aliphatic rings. The lowest BCUT2D eigenvalue weighted by Crippen LogP contribution is -2.34. The van der Waals surface area contributed by atoms with E-state index in [-0.39, 0.29) is 18.9 Å². The molecule has 1 rings (SSSR count). The van der Waals surface area contributed by atoms with Crippen molar-refractivity contribution in [2.24, 2.45) is 0 Å². The number of nitrogens with one attached hydrogen (secondary N) is 2. The summed E-state index contributed by atoms with van der Waals surface area (Å²) in [7, 11) is 1.59. The van der Waals surface area contributed by atoms with Gasteiger partial charge >= 0.3 is 5.97 Å². The van der Waals surface area contributed by atoms with Crippen molar-refractivity contribution in [2.75, 3.05) is 20.2 Å². The molecule has 6 nitrogen and oxygen atoms in total. The molecule has 110 valence electrons. The number of ether oxygens (including phenoxy) is 1. The predicted molar refractivity (Wildman–Crippen MR) is 74.6 cm³/mol. The lowest BCUT2D eigenvalue weighted by atomic mass is 10.2. The Hall–Kier alpha value is -2.08. The number of benzene rings is 1. The average Bonchev–Trinajstić information content (AvgIpc) is 2.44. The van der Waals surface area contributed by atoms with Crippen molar-refractivity contribution in [1.29, 1.82) is 0 Å². The van der Waals surface area contributed by atoms with Gasteiger partial charge in [-0.1, -0.05) is 18.2 Å². The molecule has 0 fully saturated rings. The number of carbonyl (C=O) groups is 2. The van der Waals surface area contributed by atoms with Gasteiger partial charge in [-0.25, -0.2) is 0 Å². The molecule has 0 unspecified atom stereocenters. The number of rotatable bonds is 9. The van der Waals surface area contributed by atoms with E-state index in [9.17, 15) is 9.59 Å². The normalized spacial score (nSPS) is 10.1. The summed E-state index contributed by atoms with van der Waals surface area (Å²) in [5.41, 5.74) is 0.911. The average molecular weight is 280 g/mol. The number of methoxy groups -OCH3 is 1. The molecule has 0 heterocycles. The fraction of sp³-hybridized carbons (Fsp3) is 0.429. The van der Waals surface area contributed by atoms with Crippen LogP contribution < -0.4 is 15.4 Å². The smallest absolute Gasteiger partial charge is 0.303 e. The zero-order valence-corrected chi connectivity index (χ0v) is 11.5. The zero-order valence-electron chi connectivity index (χ0n) is 11.5. The standard InChI is InChI=1S/C14H20N2O4/c1-20-12-6-3-2-5-11(12)9-16-13(17)10-15-8-4-7-14(18)19/h2-3,5-6,15H,4,7-10H2,1H3,(H,16,17)(H,18,19). The second-order valence-electron chi connectivity index (χ2n) is 4.26.